The van der Waals surface area contributed by atoms with Crippen LogP contribution in [0.1, 0.15) is 0 Å². The summed E-state index contributed by atoms with van der Waals surface area (Å²) in [5, 5.41) is 4.52. The van der Waals surface area contributed by atoms with Crippen LogP contribution >= 0.6 is 11.6 Å². The van der Waals surface area contributed by atoms with Gasteiger partial charge in [-0.15, -0.1) is 0 Å². The maximum atomic E-state index is 6.31. The van der Waals surface area contributed by atoms with Crippen molar-refractivity contribution in [3.63, 3.8) is 0 Å². The Morgan fingerprint density at radius 3 is 2.14 bits per heavy atom. The predicted octanol–water partition coefficient (Wildman–Crippen LogP) is 7.97. The van der Waals surface area contributed by atoms with Crippen molar-refractivity contribution in [2.24, 2.45) is 0 Å². The molecule has 7 rings (SSSR count). The third-order valence-corrected chi connectivity index (χ3v) is 6.51. The molecule has 7 aromatic rings. The molecule has 0 atom stereocenters. The lowest BCUT2D eigenvalue weighted by Crippen LogP contribution is -1.97. The zero-order chi connectivity index (χ0) is 24.1. The number of halogens is 1. The molecule has 0 saturated heterocycles. The second-order valence-corrected chi connectivity index (χ2v) is 8.90. The van der Waals surface area contributed by atoms with Gasteiger partial charge in [0.1, 0.15) is 5.58 Å². The summed E-state index contributed by atoms with van der Waals surface area (Å²) in [4.78, 5) is 17.8. The average Bonchev–Trinajstić information content (AvgIpc) is 3.30. The zero-order valence-electron chi connectivity index (χ0n) is 18.9. The van der Waals surface area contributed by atoms with E-state index in [9.17, 15) is 0 Å². The van der Waals surface area contributed by atoms with Crippen LogP contribution in [-0.2, 0) is 0 Å². The first-order valence-electron chi connectivity index (χ1n) is 11.5. The van der Waals surface area contributed by atoms with Crippen molar-refractivity contribution in [3.05, 3.63) is 109 Å². The third-order valence-electron chi connectivity index (χ3n) is 6.34. The van der Waals surface area contributed by atoms with Crippen LogP contribution in [0.5, 0.6) is 0 Å². The topological polar surface area (TPSA) is 64.7 Å². The van der Waals surface area contributed by atoms with Gasteiger partial charge >= 0.3 is 0 Å². The lowest BCUT2D eigenvalue weighted by atomic mass is 10.0. The summed E-state index contributed by atoms with van der Waals surface area (Å²) in [7, 11) is 0. The molecule has 0 spiro atoms. The first-order valence-corrected chi connectivity index (χ1v) is 11.9. The Bertz CT molecular complexity index is 1910. The van der Waals surface area contributed by atoms with E-state index in [2.05, 4.69) is 51.4 Å². The second-order valence-electron chi connectivity index (χ2n) is 8.56. The summed E-state index contributed by atoms with van der Waals surface area (Å²) in [6, 6.07) is 32.6. The lowest BCUT2D eigenvalue weighted by Gasteiger charge is -2.07. The highest BCUT2D eigenvalue weighted by atomic mass is 35.5. The van der Waals surface area contributed by atoms with Gasteiger partial charge in [-0.3, -0.25) is 0 Å². The molecule has 170 valence electrons. The van der Waals surface area contributed by atoms with E-state index in [1.165, 1.54) is 0 Å². The van der Waals surface area contributed by atoms with Gasteiger partial charge in [0.2, 0.25) is 11.0 Å². The molecule has 0 unspecified atom stereocenters. The molecule has 3 aromatic heterocycles. The van der Waals surface area contributed by atoms with Gasteiger partial charge in [-0.2, -0.15) is 9.97 Å². The van der Waals surface area contributed by atoms with Gasteiger partial charge in [0.05, 0.1) is 0 Å². The number of hydrogen-bond acceptors (Lipinski definition) is 5. The minimum atomic E-state index is 0.163. The molecule has 0 saturated carbocycles. The molecule has 3 heterocycles. The van der Waals surface area contributed by atoms with E-state index in [1.54, 1.807) is 6.20 Å². The molecule has 5 nitrogen and oxygen atoms in total. The molecular weight excluding hydrogens is 468 g/mol. The monoisotopic (exact) mass is 484 g/mol. The first kappa shape index (κ1) is 20.7. The summed E-state index contributed by atoms with van der Waals surface area (Å²) in [6.45, 7) is 0. The van der Waals surface area contributed by atoms with Crippen molar-refractivity contribution in [1.82, 2.24) is 19.9 Å². The van der Waals surface area contributed by atoms with Crippen LogP contribution in [0.25, 0.3) is 66.7 Å². The molecule has 0 bridgehead atoms. The number of hydrogen-bond donors (Lipinski definition) is 0. The van der Waals surface area contributed by atoms with Gasteiger partial charge in [0.15, 0.2) is 11.6 Å². The maximum Gasteiger partial charge on any atom is 0.227 e. The second kappa shape index (κ2) is 8.26. The van der Waals surface area contributed by atoms with Gasteiger partial charge < -0.3 is 4.42 Å². The molecule has 0 N–H and O–H groups in total. The minimum Gasteiger partial charge on any atom is -0.438 e. The Morgan fingerprint density at radius 2 is 1.28 bits per heavy atom. The van der Waals surface area contributed by atoms with E-state index >= 15 is 0 Å². The standard InChI is InChI=1S/C30H17ClN4O/c31-30-34-27(33-28(35-30)23-12-9-18-4-1-2-5-21(18)16-23)20-10-7-19(8-11-20)22-13-14-24-25-6-3-15-32-29(25)36-26(24)17-22/h1-17H. The summed E-state index contributed by atoms with van der Waals surface area (Å²) >= 11 is 6.31. The summed E-state index contributed by atoms with van der Waals surface area (Å²) in [5.74, 6) is 1.08. The third kappa shape index (κ3) is 3.58. The van der Waals surface area contributed by atoms with Crippen molar-refractivity contribution >= 4 is 44.4 Å². The Labute approximate surface area is 211 Å². The molecule has 0 aliphatic rings. The summed E-state index contributed by atoms with van der Waals surface area (Å²) < 4.78 is 5.95. The van der Waals surface area contributed by atoms with Crippen molar-refractivity contribution in [2.75, 3.05) is 0 Å². The van der Waals surface area contributed by atoms with Crippen LogP contribution in [0.3, 0.4) is 0 Å². The van der Waals surface area contributed by atoms with Crippen LogP contribution in [0.2, 0.25) is 5.28 Å². The van der Waals surface area contributed by atoms with Crippen molar-refractivity contribution in [1.29, 1.82) is 0 Å². The number of furan rings is 1. The number of fused-ring (bicyclic) bond motifs is 4. The number of benzene rings is 4. The van der Waals surface area contributed by atoms with Crippen molar-refractivity contribution < 1.29 is 4.42 Å². The first-order chi connectivity index (χ1) is 17.7. The van der Waals surface area contributed by atoms with Gasteiger partial charge in [0, 0.05) is 28.1 Å². The molecular formula is C30H17ClN4O. The van der Waals surface area contributed by atoms with Crippen LogP contribution in [0, 0.1) is 0 Å². The minimum absolute atomic E-state index is 0.163. The van der Waals surface area contributed by atoms with Crippen molar-refractivity contribution in [3.8, 4) is 33.9 Å². The van der Waals surface area contributed by atoms with E-state index in [4.69, 9.17) is 21.0 Å². The molecule has 4 aromatic carbocycles. The predicted molar refractivity (Wildman–Crippen MR) is 144 cm³/mol. The van der Waals surface area contributed by atoms with Gasteiger partial charge in [-0.1, -0.05) is 66.7 Å². The summed E-state index contributed by atoms with van der Waals surface area (Å²) in [6.07, 6.45) is 1.74. The van der Waals surface area contributed by atoms with Gasteiger partial charge in [-0.25, -0.2) is 9.97 Å². The Morgan fingerprint density at radius 1 is 0.556 bits per heavy atom. The highest BCUT2D eigenvalue weighted by molar-refractivity contribution is 6.28. The van der Waals surface area contributed by atoms with E-state index in [0.29, 0.717) is 17.4 Å². The van der Waals surface area contributed by atoms with E-state index in [0.717, 1.165) is 49.4 Å². The Hall–Kier alpha value is -4.61. The van der Waals surface area contributed by atoms with E-state index < -0.39 is 0 Å². The maximum absolute atomic E-state index is 6.31. The molecule has 0 fully saturated rings. The number of nitrogens with zero attached hydrogens (tertiary/aromatic N) is 4. The van der Waals surface area contributed by atoms with Crippen LogP contribution < -0.4 is 0 Å². The number of rotatable bonds is 3. The molecule has 0 amide bonds. The average molecular weight is 485 g/mol. The molecule has 0 aliphatic heterocycles. The Kier molecular flexibility index (Phi) is 4.76. The van der Waals surface area contributed by atoms with Crippen molar-refractivity contribution in [2.45, 2.75) is 0 Å². The SMILES string of the molecule is Clc1nc(-c2ccc(-c3ccc4c(c3)oc3ncccc34)cc2)nc(-c2ccc3ccccc3c2)n1. The number of aromatic nitrogens is 4. The highest BCUT2D eigenvalue weighted by Gasteiger charge is 2.12. The smallest absolute Gasteiger partial charge is 0.227 e. The normalized spacial score (nSPS) is 11.5. The molecule has 0 aliphatic carbocycles. The summed E-state index contributed by atoms with van der Waals surface area (Å²) in [5.41, 5.74) is 5.33. The molecule has 36 heavy (non-hydrogen) atoms. The fraction of sp³-hybridized carbons (Fsp3) is 0. The van der Waals surface area contributed by atoms with E-state index in [-0.39, 0.29) is 5.28 Å². The lowest BCUT2D eigenvalue weighted by molar-refractivity contribution is 0.654. The Balaban J connectivity index is 1.24. The molecule has 6 heteroatoms. The van der Waals surface area contributed by atoms with Gasteiger partial charge in [-0.05, 0) is 63.8 Å². The van der Waals surface area contributed by atoms with E-state index in [1.807, 2.05) is 60.7 Å². The quantitative estimate of drug-likeness (QED) is 0.254. The molecule has 0 radical (unpaired) electrons. The van der Waals surface area contributed by atoms with Crippen LogP contribution in [0.4, 0.5) is 0 Å². The zero-order valence-corrected chi connectivity index (χ0v) is 19.6. The van der Waals surface area contributed by atoms with Gasteiger partial charge in [0.25, 0.3) is 0 Å². The van der Waals surface area contributed by atoms with Crippen LogP contribution in [0.15, 0.2) is 108 Å². The highest BCUT2D eigenvalue weighted by Crippen LogP contribution is 2.32. The fourth-order valence-electron chi connectivity index (χ4n) is 4.54. The van der Waals surface area contributed by atoms with Crippen LogP contribution in [-0.4, -0.2) is 19.9 Å². The fourth-order valence-corrected chi connectivity index (χ4v) is 4.70. The number of pyridine rings is 1. The largest absolute Gasteiger partial charge is 0.438 e.